The molecule has 1 aliphatic heterocycles. The maximum absolute atomic E-state index is 12.7. The minimum Gasteiger partial charge on any atom is -0.339 e. The number of rotatable bonds is 6. The highest BCUT2D eigenvalue weighted by Crippen LogP contribution is 2.21. The zero-order chi connectivity index (χ0) is 21.0. The van der Waals surface area contributed by atoms with Gasteiger partial charge in [0, 0.05) is 25.2 Å². The van der Waals surface area contributed by atoms with Gasteiger partial charge in [-0.05, 0) is 53.8 Å². The SMILES string of the molecule is O=C(c1cccc(CNS(=O)(=O)c2ccc(-c3ccccc3)cc2)c1)N1CCCC1. The average molecular weight is 421 g/mol. The van der Waals surface area contributed by atoms with E-state index in [2.05, 4.69) is 4.72 Å². The molecule has 1 saturated heterocycles. The van der Waals surface area contributed by atoms with E-state index in [-0.39, 0.29) is 17.3 Å². The molecular weight excluding hydrogens is 396 g/mol. The van der Waals surface area contributed by atoms with Gasteiger partial charge in [0.1, 0.15) is 0 Å². The van der Waals surface area contributed by atoms with Crippen LogP contribution in [-0.4, -0.2) is 32.3 Å². The average Bonchev–Trinajstić information content (AvgIpc) is 3.33. The molecule has 1 amide bonds. The van der Waals surface area contributed by atoms with E-state index in [1.807, 2.05) is 41.3 Å². The monoisotopic (exact) mass is 420 g/mol. The second-order valence-electron chi connectivity index (χ2n) is 7.41. The second kappa shape index (κ2) is 8.81. The Labute approximate surface area is 177 Å². The van der Waals surface area contributed by atoms with Crippen LogP contribution in [0.25, 0.3) is 11.1 Å². The Morgan fingerprint density at radius 1 is 0.833 bits per heavy atom. The number of nitrogens with one attached hydrogen (secondary N) is 1. The minimum atomic E-state index is -3.65. The van der Waals surface area contributed by atoms with Gasteiger partial charge in [-0.15, -0.1) is 0 Å². The first kappa shape index (κ1) is 20.3. The van der Waals surface area contributed by atoms with Crippen molar-refractivity contribution < 1.29 is 13.2 Å². The molecule has 1 fully saturated rings. The fourth-order valence-electron chi connectivity index (χ4n) is 3.64. The van der Waals surface area contributed by atoms with Crippen molar-refractivity contribution in [1.29, 1.82) is 0 Å². The van der Waals surface area contributed by atoms with Crippen molar-refractivity contribution >= 4 is 15.9 Å². The van der Waals surface area contributed by atoms with Gasteiger partial charge < -0.3 is 4.90 Å². The molecule has 0 saturated carbocycles. The summed E-state index contributed by atoms with van der Waals surface area (Å²) in [5.41, 5.74) is 3.35. The first-order valence-corrected chi connectivity index (χ1v) is 11.5. The molecule has 3 aromatic carbocycles. The van der Waals surface area contributed by atoms with Crippen molar-refractivity contribution in [2.45, 2.75) is 24.3 Å². The lowest BCUT2D eigenvalue weighted by molar-refractivity contribution is 0.0792. The molecule has 0 spiro atoms. The zero-order valence-corrected chi connectivity index (χ0v) is 17.4. The third-order valence-corrected chi connectivity index (χ3v) is 6.72. The summed E-state index contributed by atoms with van der Waals surface area (Å²) in [7, 11) is -3.65. The number of amides is 1. The zero-order valence-electron chi connectivity index (χ0n) is 16.6. The molecule has 0 atom stereocenters. The molecule has 0 radical (unpaired) electrons. The molecule has 4 rings (SSSR count). The number of likely N-dealkylation sites (tertiary alicyclic amines) is 1. The molecule has 1 N–H and O–H groups in total. The van der Waals surface area contributed by atoms with Crippen molar-refractivity contribution in [3.63, 3.8) is 0 Å². The number of benzene rings is 3. The summed E-state index contributed by atoms with van der Waals surface area (Å²) in [6.45, 7) is 1.70. The maximum atomic E-state index is 12.7. The van der Waals surface area contributed by atoms with Gasteiger partial charge in [0.15, 0.2) is 0 Å². The molecule has 0 unspecified atom stereocenters. The Morgan fingerprint density at radius 2 is 1.50 bits per heavy atom. The topological polar surface area (TPSA) is 66.5 Å². The molecule has 0 bridgehead atoms. The Bertz CT molecular complexity index is 1120. The molecule has 154 valence electrons. The molecular formula is C24H24N2O3S. The van der Waals surface area contributed by atoms with Crippen LogP contribution >= 0.6 is 0 Å². The smallest absolute Gasteiger partial charge is 0.253 e. The van der Waals surface area contributed by atoms with E-state index in [9.17, 15) is 13.2 Å². The van der Waals surface area contributed by atoms with E-state index in [1.165, 1.54) is 0 Å². The fraction of sp³-hybridized carbons (Fsp3) is 0.208. The first-order valence-electron chi connectivity index (χ1n) is 10.1. The standard InChI is InChI=1S/C24H24N2O3S/c27-24(26-15-4-5-16-26)22-10-6-7-19(17-22)18-25-30(28,29)23-13-11-21(12-14-23)20-8-2-1-3-9-20/h1-3,6-14,17,25H,4-5,15-16,18H2. The highest BCUT2D eigenvalue weighted by Gasteiger charge is 2.20. The van der Waals surface area contributed by atoms with Crippen molar-refractivity contribution in [2.24, 2.45) is 0 Å². The van der Waals surface area contributed by atoms with Crippen LogP contribution in [0.4, 0.5) is 0 Å². The summed E-state index contributed by atoms with van der Waals surface area (Å²) in [5.74, 6) is 0.00806. The van der Waals surface area contributed by atoms with Crippen molar-refractivity contribution in [3.8, 4) is 11.1 Å². The van der Waals surface area contributed by atoms with E-state index in [0.29, 0.717) is 5.56 Å². The van der Waals surface area contributed by atoms with Gasteiger partial charge in [-0.2, -0.15) is 0 Å². The Hall–Kier alpha value is -2.96. The largest absolute Gasteiger partial charge is 0.339 e. The summed E-state index contributed by atoms with van der Waals surface area (Å²) in [6, 6.07) is 23.8. The van der Waals surface area contributed by atoms with Crippen LogP contribution in [-0.2, 0) is 16.6 Å². The predicted molar refractivity (Wildman–Crippen MR) is 117 cm³/mol. The van der Waals surface area contributed by atoms with Crippen LogP contribution in [0.1, 0.15) is 28.8 Å². The van der Waals surface area contributed by atoms with Gasteiger partial charge in [-0.1, -0.05) is 54.6 Å². The van der Waals surface area contributed by atoms with Gasteiger partial charge in [0.25, 0.3) is 5.91 Å². The van der Waals surface area contributed by atoms with E-state index >= 15 is 0 Å². The van der Waals surface area contributed by atoms with Crippen molar-refractivity contribution in [2.75, 3.05) is 13.1 Å². The van der Waals surface area contributed by atoms with E-state index in [4.69, 9.17) is 0 Å². The summed E-state index contributed by atoms with van der Waals surface area (Å²) in [6.07, 6.45) is 2.07. The minimum absolute atomic E-state index is 0.00806. The van der Waals surface area contributed by atoms with E-state index in [0.717, 1.165) is 42.6 Å². The predicted octanol–water partition coefficient (Wildman–Crippen LogP) is 4.07. The number of carbonyl (C=O) groups excluding carboxylic acids is 1. The summed E-state index contributed by atoms with van der Waals surface area (Å²) in [5, 5.41) is 0. The molecule has 1 aliphatic rings. The van der Waals surface area contributed by atoms with Crippen LogP contribution < -0.4 is 4.72 Å². The molecule has 6 heteroatoms. The van der Waals surface area contributed by atoms with Crippen LogP contribution in [0, 0.1) is 0 Å². The maximum Gasteiger partial charge on any atom is 0.253 e. The number of hydrogen-bond acceptors (Lipinski definition) is 3. The molecule has 0 aliphatic carbocycles. The Balaban J connectivity index is 1.44. The fourth-order valence-corrected chi connectivity index (χ4v) is 4.65. The van der Waals surface area contributed by atoms with E-state index in [1.54, 1.807) is 42.5 Å². The van der Waals surface area contributed by atoms with Crippen LogP contribution in [0.5, 0.6) is 0 Å². The van der Waals surface area contributed by atoms with Gasteiger partial charge in [-0.25, -0.2) is 13.1 Å². The van der Waals surface area contributed by atoms with Crippen LogP contribution in [0.15, 0.2) is 83.8 Å². The normalized spacial score (nSPS) is 14.1. The Kier molecular flexibility index (Phi) is 5.97. The summed E-state index contributed by atoms with van der Waals surface area (Å²) >= 11 is 0. The molecule has 5 nitrogen and oxygen atoms in total. The lowest BCUT2D eigenvalue weighted by Crippen LogP contribution is -2.28. The highest BCUT2D eigenvalue weighted by atomic mass is 32.2. The number of carbonyl (C=O) groups is 1. The number of hydrogen-bond donors (Lipinski definition) is 1. The molecule has 30 heavy (non-hydrogen) atoms. The lowest BCUT2D eigenvalue weighted by Gasteiger charge is -2.15. The lowest BCUT2D eigenvalue weighted by atomic mass is 10.1. The van der Waals surface area contributed by atoms with Gasteiger partial charge >= 0.3 is 0 Å². The van der Waals surface area contributed by atoms with Gasteiger partial charge in [0.2, 0.25) is 10.0 Å². The van der Waals surface area contributed by atoms with Crippen LogP contribution in [0.2, 0.25) is 0 Å². The highest BCUT2D eigenvalue weighted by molar-refractivity contribution is 7.89. The number of sulfonamides is 1. The molecule has 3 aromatic rings. The third kappa shape index (κ3) is 4.61. The van der Waals surface area contributed by atoms with Crippen molar-refractivity contribution in [1.82, 2.24) is 9.62 Å². The molecule has 1 heterocycles. The first-order chi connectivity index (χ1) is 14.5. The van der Waals surface area contributed by atoms with Gasteiger partial charge in [-0.3, -0.25) is 4.79 Å². The third-order valence-electron chi connectivity index (χ3n) is 5.31. The van der Waals surface area contributed by atoms with Crippen LogP contribution in [0.3, 0.4) is 0 Å². The summed E-state index contributed by atoms with van der Waals surface area (Å²) < 4.78 is 28.0. The second-order valence-corrected chi connectivity index (χ2v) is 9.18. The quantitative estimate of drug-likeness (QED) is 0.654. The molecule has 0 aromatic heterocycles. The summed E-state index contributed by atoms with van der Waals surface area (Å²) in [4.78, 5) is 14.6. The number of nitrogens with zero attached hydrogens (tertiary/aromatic N) is 1. The van der Waals surface area contributed by atoms with Gasteiger partial charge in [0.05, 0.1) is 4.90 Å². The Morgan fingerprint density at radius 3 is 2.20 bits per heavy atom. The van der Waals surface area contributed by atoms with Crippen molar-refractivity contribution in [3.05, 3.63) is 90.0 Å². The van der Waals surface area contributed by atoms with E-state index < -0.39 is 10.0 Å².